The summed E-state index contributed by atoms with van der Waals surface area (Å²) in [4.78, 5) is 0. The second-order valence-electron chi connectivity index (χ2n) is 2.61. The van der Waals surface area contributed by atoms with Gasteiger partial charge in [-0.25, -0.2) is 0 Å². The highest BCUT2D eigenvalue weighted by molar-refractivity contribution is 9.10. The van der Waals surface area contributed by atoms with E-state index in [1.54, 1.807) is 12.1 Å². The second-order valence-corrected chi connectivity index (χ2v) is 4.89. The highest BCUT2D eigenvalue weighted by Crippen LogP contribution is 2.26. The lowest BCUT2D eigenvalue weighted by molar-refractivity contribution is 0.453. The van der Waals surface area contributed by atoms with Crippen LogP contribution in [0.25, 0.3) is 0 Å². The van der Waals surface area contributed by atoms with Gasteiger partial charge in [0.05, 0.1) is 0 Å². The van der Waals surface area contributed by atoms with Gasteiger partial charge in [0.25, 0.3) is 0 Å². The summed E-state index contributed by atoms with van der Waals surface area (Å²) >= 11 is 3.29. The predicted octanol–water partition coefficient (Wildman–Crippen LogP) is 1.18. The van der Waals surface area contributed by atoms with Crippen LogP contribution < -0.4 is 8.91 Å². The first kappa shape index (κ1) is 8.98. The lowest BCUT2D eigenvalue weighted by atomic mass is 10.2. The summed E-state index contributed by atoms with van der Waals surface area (Å²) in [6.45, 7) is 0.275. The summed E-state index contributed by atoms with van der Waals surface area (Å²) in [5, 5.41) is 0. The molecule has 0 fully saturated rings. The number of nitrogens with one attached hydrogen (secondary N) is 1. The van der Waals surface area contributed by atoms with Crippen molar-refractivity contribution in [3.8, 4) is 5.75 Å². The van der Waals surface area contributed by atoms with Crippen LogP contribution >= 0.6 is 15.9 Å². The largest absolute Gasteiger partial charge is 0.382 e. The first-order valence-corrected chi connectivity index (χ1v) is 5.74. The van der Waals surface area contributed by atoms with Crippen LogP contribution in [0.3, 0.4) is 0 Å². The zero-order chi connectivity index (χ0) is 9.47. The number of hydrogen-bond donors (Lipinski definition) is 1. The Bertz CT molecular complexity index is 443. The SMILES string of the molecule is O=S1(=O)NCc2cc(Br)ccc2O1. The van der Waals surface area contributed by atoms with Crippen molar-refractivity contribution in [2.45, 2.75) is 6.54 Å². The number of hydrogen-bond acceptors (Lipinski definition) is 3. The van der Waals surface area contributed by atoms with Crippen molar-refractivity contribution in [2.24, 2.45) is 0 Å². The third kappa shape index (κ3) is 1.84. The van der Waals surface area contributed by atoms with Crippen molar-refractivity contribution in [1.82, 2.24) is 4.72 Å². The minimum atomic E-state index is -3.57. The van der Waals surface area contributed by atoms with Crippen molar-refractivity contribution < 1.29 is 12.6 Å². The molecule has 13 heavy (non-hydrogen) atoms. The second kappa shape index (κ2) is 2.97. The van der Waals surface area contributed by atoms with Gasteiger partial charge in [-0.2, -0.15) is 13.1 Å². The molecule has 70 valence electrons. The minimum absolute atomic E-state index is 0.275. The zero-order valence-electron chi connectivity index (χ0n) is 6.45. The smallest absolute Gasteiger partial charge is 0.371 e. The molecule has 2 rings (SSSR count). The molecule has 1 aromatic rings. The molecule has 0 unspecified atom stereocenters. The molecule has 1 aliphatic heterocycles. The van der Waals surface area contributed by atoms with E-state index in [0.717, 1.165) is 10.0 Å². The minimum Gasteiger partial charge on any atom is -0.371 e. The van der Waals surface area contributed by atoms with Gasteiger partial charge in [0, 0.05) is 16.6 Å². The van der Waals surface area contributed by atoms with Crippen molar-refractivity contribution in [3.05, 3.63) is 28.2 Å². The molecule has 0 atom stereocenters. The molecule has 4 nitrogen and oxygen atoms in total. The highest BCUT2D eigenvalue weighted by atomic mass is 79.9. The third-order valence-corrected chi connectivity index (χ3v) is 3.05. The monoisotopic (exact) mass is 263 g/mol. The molecule has 1 aliphatic rings. The van der Waals surface area contributed by atoms with Gasteiger partial charge in [0.1, 0.15) is 5.75 Å². The maximum absolute atomic E-state index is 11.0. The summed E-state index contributed by atoms with van der Waals surface area (Å²) in [5.41, 5.74) is 0.823. The summed E-state index contributed by atoms with van der Waals surface area (Å²) in [6.07, 6.45) is 0. The van der Waals surface area contributed by atoms with E-state index in [0.29, 0.717) is 5.75 Å². The fraction of sp³-hybridized carbons (Fsp3) is 0.143. The number of fused-ring (bicyclic) bond motifs is 1. The Morgan fingerprint density at radius 1 is 1.46 bits per heavy atom. The maximum Gasteiger partial charge on any atom is 0.382 e. The third-order valence-electron chi connectivity index (χ3n) is 1.66. The maximum atomic E-state index is 11.0. The Morgan fingerprint density at radius 3 is 3.00 bits per heavy atom. The zero-order valence-corrected chi connectivity index (χ0v) is 8.85. The average molecular weight is 264 g/mol. The Kier molecular flexibility index (Phi) is 2.05. The van der Waals surface area contributed by atoms with E-state index in [9.17, 15) is 8.42 Å². The van der Waals surface area contributed by atoms with Gasteiger partial charge in [0.2, 0.25) is 0 Å². The summed E-state index contributed by atoms with van der Waals surface area (Å²) in [5.74, 6) is 0.391. The van der Waals surface area contributed by atoms with E-state index >= 15 is 0 Å². The van der Waals surface area contributed by atoms with Crippen molar-refractivity contribution >= 4 is 26.2 Å². The van der Waals surface area contributed by atoms with Crippen LogP contribution in [0.15, 0.2) is 22.7 Å². The van der Waals surface area contributed by atoms with Crippen LogP contribution in [0.2, 0.25) is 0 Å². The number of halogens is 1. The number of rotatable bonds is 0. The van der Waals surface area contributed by atoms with E-state index in [1.165, 1.54) is 0 Å². The van der Waals surface area contributed by atoms with Crippen LogP contribution in [-0.4, -0.2) is 8.42 Å². The molecule has 0 aromatic heterocycles. The Labute approximate surface area is 84.3 Å². The van der Waals surface area contributed by atoms with Gasteiger partial charge in [-0.05, 0) is 18.2 Å². The van der Waals surface area contributed by atoms with Gasteiger partial charge in [-0.3, -0.25) is 0 Å². The van der Waals surface area contributed by atoms with Gasteiger partial charge >= 0.3 is 10.3 Å². The molecule has 0 bridgehead atoms. The van der Waals surface area contributed by atoms with E-state index in [2.05, 4.69) is 20.7 Å². The molecule has 1 aromatic carbocycles. The van der Waals surface area contributed by atoms with Crippen molar-refractivity contribution in [3.63, 3.8) is 0 Å². The van der Waals surface area contributed by atoms with Crippen LogP contribution in [0.1, 0.15) is 5.56 Å². The molecule has 6 heteroatoms. The van der Waals surface area contributed by atoms with E-state index in [4.69, 9.17) is 4.18 Å². The first-order chi connectivity index (χ1) is 6.07. The molecular weight excluding hydrogens is 258 g/mol. The first-order valence-electron chi connectivity index (χ1n) is 3.54. The topological polar surface area (TPSA) is 55.4 Å². The summed E-state index contributed by atoms with van der Waals surface area (Å²) in [6, 6.07) is 5.18. The van der Waals surface area contributed by atoms with Crippen LogP contribution in [0.5, 0.6) is 5.75 Å². The lowest BCUT2D eigenvalue weighted by Crippen LogP contribution is -2.32. The Morgan fingerprint density at radius 2 is 2.23 bits per heavy atom. The summed E-state index contributed by atoms with van der Waals surface area (Å²) < 4.78 is 29.8. The standard InChI is InChI=1S/C7H6BrNO3S/c8-6-1-2-7-5(3-6)4-9-13(10,11)12-7/h1-3,9H,4H2. The van der Waals surface area contributed by atoms with Crippen molar-refractivity contribution in [1.29, 1.82) is 0 Å². The molecule has 0 saturated carbocycles. The van der Waals surface area contributed by atoms with E-state index in [1.807, 2.05) is 6.07 Å². The quantitative estimate of drug-likeness (QED) is 0.765. The normalized spacial score (nSPS) is 18.8. The molecule has 1 heterocycles. The summed E-state index contributed by atoms with van der Waals surface area (Å²) in [7, 11) is -3.57. The van der Waals surface area contributed by atoms with Gasteiger partial charge in [-0.15, -0.1) is 0 Å². The molecule has 0 aliphatic carbocycles. The highest BCUT2D eigenvalue weighted by Gasteiger charge is 2.21. The molecule has 0 amide bonds. The van der Waals surface area contributed by atoms with Gasteiger partial charge in [0.15, 0.2) is 0 Å². The molecule has 1 N–H and O–H groups in total. The van der Waals surface area contributed by atoms with Gasteiger partial charge < -0.3 is 4.18 Å². The van der Waals surface area contributed by atoms with Gasteiger partial charge in [-0.1, -0.05) is 15.9 Å². The van der Waals surface area contributed by atoms with E-state index < -0.39 is 10.3 Å². The fourth-order valence-electron chi connectivity index (χ4n) is 1.08. The number of benzene rings is 1. The van der Waals surface area contributed by atoms with Crippen LogP contribution in [0.4, 0.5) is 0 Å². The van der Waals surface area contributed by atoms with Crippen molar-refractivity contribution in [2.75, 3.05) is 0 Å². The molecule has 0 saturated heterocycles. The Balaban J connectivity index is 2.48. The van der Waals surface area contributed by atoms with Crippen LogP contribution in [-0.2, 0) is 16.8 Å². The van der Waals surface area contributed by atoms with E-state index in [-0.39, 0.29) is 6.54 Å². The molecule has 0 spiro atoms. The fourth-order valence-corrected chi connectivity index (χ4v) is 2.28. The molecular formula is C7H6BrNO3S. The molecule has 0 radical (unpaired) electrons. The Hall–Kier alpha value is -0.590. The van der Waals surface area contributed by atoms with Crippen LogP contribution in [0, 0.1) is 0 Å². The lowest BCUT2D eigenvalue weighted by Gasteiger charge is -2.17. The predicted molar refractivity (Wildman–Crippen MR) is 50.5 cm³/mol. The average Bonchev–Trinajstić information content (AvgIpc) is 2.05.